The Hall–Kier alpha value is -1.35. The lowest BCUT2D eigenvalue weighted by Gasteiger charge is -2.01. The van der Waals surface area contributed by atoms with Crippen LogP contribution in [0.25, 0.3) is 11.4 Å². The lowest BCUT2D eigenvalue weighted by Crippen LogP contribution is -1.99. The molecule has 0 atom stereocenters. The van der Waals surface area contributed by atoms with Crippen LogP contribution in [-0.2, 0) is 6.54 Å². The van der Waals surface area contributed by atoms with Crippen molar-refractivity contribution in [1.29, 1.82) is 0 Å². The van der Waals surface area contributed by atoms with E-state index in [-0.39, 0.29) is 0 Å². The van der Waals surface area contributed by atoms with Gasteiger partial charge in [-0.2, -0.15) is 5.10 Å². The van der Waals surface area contributed by atoms with Crippen molar-refractivity contribution in [2.75, 3.05) is 0 Å². The molecule has 108 valence electrons. The molecule has 2 aromatic rings. The van der Waals surface area contributed by atoms with E-state index in [9.17, 15) is 0 Å². The van der Waals surface area contributed by atoms with Crippen LogP contribution in [0.4, 0.5) is 0 Å². The average molecular weight is 292 g/mol. The van der Waals surface area contributed by atoms with Gasteiger partial charge in [-0.3, -0.25) is 9.67 Å². The second-order valence-electron chi connectivity index (χ2n) is 5.07. The zero-order valence-corrected chi connectivity index (χ0v) is 12.8. The second-order valence-corrected chi connectivity index (χ2v) is 5.48. The zero-order chi connectivity index (χ0) is 14.2. The van der Waals surface area contributed by atoms with E-state index >= 15 is 0 Å². The highest BCUT2D eigenvalue weighted by Crippen LogP contribution is 2.24. The molecule has 0 unspecified atom stereocenters. The first-order valence-electron chi connectivity index (χ1n) is 7.45. The van der Waals surface area contributed by atoms with E-state index in [0.717, 1.165) is 24.4 Å². The molecule has 4 heteroatoms. The summed E-state index contributed by atoms with van der Waals surface area (Å²) in [6.07, 6.45) is 11.4. The molecule has 0 saturated heterocycles. The standard InChI is InChI=1S/C16H22ClN3/c1-2-3-4-5-6-9-12-20-13-14(17)16(19-20)15-10-7-8-11-18-15/h7-8,10-11,13H,2-6,9,12H2,1H3. The minimum absolute atomic E-state index is 0.676. The Morgan fingerprint density at radius 3 is 2.65 bits per heavy atom. The Morgan fingerprint density at radius 2 is 1.90 bits per heavy atom. The number of hydrogen-bond acceptors (Lipinski definition) is 2. The summed E-state index contributed by atoms with van der Waals surface area (Å²) in [5.41, 5.74) is 1.61. The number of rotatable bonds is 8. The van der Waals surface area contributed by atoms with Crippen LogP contribution in [0.1, 0.15) is 45.4 Å². The maximum absolute atomic E-state index is 6.24. The van der Waals surface area contributed by atoms with E-state index in [1.807, 2.05) is 29.1 Å². The number of aromatic nitrogens is 3. The summed E-state index contributed by atoms with van der Waals surface area (Å²) in [6, 6.07) is 5.78. The van der Waals surface area contributed by atoms with Gasteiger partial charge in [0, 0.05) is 18.9 Å². The summed E-state index contributed by atoms with van der Waals surface area (Å²) in [5.74, 6) is 0. The average Bonchev–Trinajstić information content (AvgIpc) is 2.85. The molecule has 20 heavy (non-hydrogen) atoms. The number of nitrogens with zero attached hydrogens (tertiary/aromatic N) is 3. The topological polar surface area (TPSA) is 30.7 Å². The fraction of sp³-hybridized carbons (Fsp3) is 0.500. The molecule has 0 aliphatic heterocycles. The van der Waals surface area contributed by atoms with Gasteiger partial charge in [-0.1, -0.05) is 56.7 Å². The molecule has 0 amide bonds. The smallest absolute Gasteiger partial charge is 0.129 e. The first kappa shape index (κ1) is 15.0. The van der Waals surface area contributed by atoms with Gasteiger partial charge in [0.1, 0.15) is 5.69 Å². The van der Waals surface area contributed by atoms with Gasteiger partial charge in [-0.25, -0.2) is 0 Å². The van der Waals surface area contributed by atoms with Crippen LogP contribution in [-0.4, -0.2) is 14.8 Å². The normalized spacial score (nSPS) is 10.9. The van der Waals surface area contributed by atoms with Crippen molar-refractivity contribution in [2.45, 2.75) is 52.0 Å². The number of hydrogen-bond donors (Lipinski definition) is 0. The summed E-state index contributed by atoms with van der Waals surface area (Å²) < 4.78 is 1.94. The van der Waals surface area contributed by atoms with Gasteiger partial charge in [0.25, 0.3) is 0 Å². The van der Waals surface area contributed by atoms with E-state index in [2.05, 4.69) is 17.0 Å². The third kappa shape index (κ3) is 4.34. The maximum atomic E-state index is 6.24. The summed E-state index contributed by atoms with van der Waals surface area (Å²) in [6.45, 7) is 3.17. The number of aryl methyl sites for hydroxylation is 1. The summed E-state index contributed by atoms with van der Waals surface area (Å²) >= 11 is 6.24. The van der Waals surface area contributed by atoms with Gasteiger partial charge in [0.05, 0.1) is 10.7 Å². The maximum Gasteiger partial charge on any atom is 0.129 e. The molecule has 0 fully saturated rings. The Labute approximate surface area is 126 Å². The quantitative estimate of drug-likeness (QED) is 0.644. The van der Waals surface area contributed by atoms with Crippen molar-refractivity contribution >= 4 is 11.6 Å². The molecule has 0 aliphatic rings. The lowest BCUT2D eigenvalue weighted by molar-refractivity contribution is 0.528. The van der Waals surface area contributed by atoms with E-state index < -0.39 is 0 Å². The molecule has 3 nitrogen and oxygen atoms in total. The fourth-order valence-corrected chi connectivity index (χ4v) is 2.49. The predicted octanol–water partition coefficient (Wildman–Crippen LogP) is 4.96. The number of halogens is 1. The Bertz CT molecular complexity index is 508. The van der Waals surface area contributed by atoms with Crippen LogP contribution in [0.2, 0.25) is 5.02 Å². The minimum atomic E-state index is 0.676. The highest BCUT2D eigenvalue weighted by molar-refractivity contribution is 6.32. The molecule has 2 aromatic heterocycles. The summed E-state index contributed by atoms with van der Waals surface area (Å²) in [4.78, 5) is 4.29. The van der Waals surface area contributed by atoms with Crippen LogP contribution >= 0.6 is 11.6 Å². The van der Waals surface area contributed by atoms with E-state index in [1.54, 1.807) is 6.20 Å². The zero-order valence-electron chi connectivity index (χ0n) is 12.1. The molecule has 0 spiro atoms. The van der Waals surface area contributed by atoms with Crippen LogP contribution in [0.5, 0.6) is 0 Å². The third-order valence-electron chi connectivity index (χ3n) is 3.37. The fourth-order valence-electron chi connectivity index (χ4n) is 2.24. The van der Waals surface area contributed by atoms with E-state index in [1.165, 1.54) is 32.1 Å². The number of pyridine rings is 1. The van der Waals surface area contributed by atoms with Crippen LogP contribution < -0.4 is 0 Å². The van der Waals surface area contributed by atoms with Gasteiger partial charge in [0.15, 0.2) is 0 Å². The highest BCUT2D eigenvalue weighted by atomic mass is 35.5. The van der Waals surface area contributed by atoms with Gasteiger partial charge in [-0.15, -0.1) is 0 Å². The monoisotopic (exact) mass is 291 g/mol. The van der Waals surface area contributed by atoms with Crippen molar-refractivity contribution in [3.05, 3.63) is 35.6 Å². The largest absolute Gasteiger partial charge is 0.271 e. The van der Waals surface area contributed by atoms with Gasteiger partial charge in [-0.05, 0) is 18.6 Å². The third-order valence-corrected chi connectivity index (χ3v) is 3.64. The lowest BCUT2D eigenvalue weighted by atomic mass is 10.1. The van der Waals surface area contributed by atoms with Crippen molar-refractivity contribution < 1.29 is 0 Å². The summed E-state index contributed by atoms with van der Waals surface area (Å²) in [7, 11) is 0. The molecule has 0 bridgehead atoms. The van der Waals surface area contributed by atoms with Crippen LogP contribution in [0, 0.1) is 0 Å². The molecule has 0 radical (unpaired) electrons. The summed E-state index contributed by atoms with van der Waals surface area (Å²) in [5, 5.41) is 5.21. The second kappa shape index (κ2) is 8.05. The number of unbranched alkanes of at least 4 members (excludes halogenated alkanes) is 5. The molecule has 2 heterocycles. The van der Waals surface area contributed by atoms with Crippen molar-refractivity contribution in [3.8, 4) is 11.4 Å². The highest BCUT2D eigenvalue weighted by Gasteiger charge is 2.09. The van der Waals surface area contributed by atoms with Gasteiger partial charge < -0.3 is 0 Å². The first-order chi connectivity index (χ1) is 9.81. The van der Waals surface area contributed by atoms with E-state index in [0.29, 0.717) is 5.02 Å². The Balaban J connectivity index is 1.85. The van der Waals surface area contributed by atoms with Crippen molar-refractivity contribution in [2.24, 2.45) is 0 Å². The molecule has 0 aliphatic carbocycles. The van der Waals surface area contributed by atoms with Crippen molar-refractivity contribution in [1.82, 2.24) is 14.8 Å². The molecule has 0 saturated carbocycles. The molecule has 0 aromatic carbocycles. The van der Waals surface area contributed by atoms with E-state index in [4.69, 9.17) is 11.6 Å². The molecular formula is C16H22ClN3. The van der Waals surface area contributed by atoms with Crippen LogP contribution in [0.15, 0.2) is 30.6 Å². The van der Waals surface area contributed by atoms with Crippen molar-refractivity contribution in [3.63, 3.8) is 0 Å². The minimum Gasteiger partial charge on any atom is -0.271 e. The Morgan fingerprint density at radius 1 is 1.10 bits per heavy atom. The SMILES string of the molecule is CCCCCCCCn1cc(Cl)c(-c2ccccn2)n1. The van der Waals surface area contributed by atoms with Gasteiger partial charge in [0.2, 0.25) is 0 Å². The molecular weight excluding hydrogens is 270 g/mol. The Kier molecular flexibility index (Phi) is 6.06. The van der Waals surface area contributed by atoms with Gasteiger partial charge >= 0.3 is 0 Å². The molecule has 2 rings (SSSR count). The predicted molar refractivity (Wildman–Crippen MR) is 83.8 cm³/mol. The first-order valence-corrected chi connectivity index (χ1v) is 7.83. The molecule has 0 N–H and O–H groups in total. The van der Waals surface area contributed by atoms with Crippen LogP contribution in [0.3, 0.4) is 0 Å².